The predicted molar refractivity (Wildman–Crippen MR) is 113 cm³/mol. The van der Waals surface area contributed by atoms with Crippen LogP contribution in [0.15, 0.2) is 58.7 Å². The van der Waals surface area contributed by atoms with Gasteiger partial charge in [0.1, 0.15) is 0 Å². The number of rotatable bonds is 6. The zero-order valence-electron chi connectivity index (χ0n) is 15.2. The van der Waals surface area contributed by atoms with E-state index in [9.17, 15) is 19.7 Å². The molecule has 29 heavy (non-hydrogen) atoms. The molecular formula is C19H15ClN4O4S. The highest BCUT2D eigenvalue weighted by atomic mass is 35.5. The largest absolute Gasteiger partial charge is 0.303 e. The van der Waals surface area contributed by atoms with E-state index >= 15 is 0 Å². The molecule has 1 fully saturated rings. The lowest BCUT2D eigenvalue weighted by molar-refractivity contribution is -0.384. The van der Waals surface area contributed by atoms with Gasteiger partial charge in [0.2, 0.25) is 5.91 Å². The Kier molecular flexibility index (Phi) is 6.40. The van der Waals surface area contributed by atoms with Gasteiger partial charge in [-0.1, -0.05) is 23.4 Å². The Balaban J connectivity index is 1.64. The van der Waals surface area contributed by atoms with Gasteiger partial charge in [-0.15, -0.1) is 5.10 Å². The minimum absolute atomic E-state index is 0.0142. The van der Waals surface area contributed by atoms with Gasteiger partial charge >= 0.3 is 0 Å². The van der Waals surface area contributed by atoms with E-state index in [-0.39, 0.29) is 23.8 Å². The first-order valence-corrected chi connectivity index (χ1v) is 9.72. The van der Waals surface area contributed by atoms with E-state index in [1.807, 2.05) is 0 Å². The van der Waals surface area contributed by atoms with Gasteiger partial charge in [-0.05, 0) is 48.9 Å². The van der Waals surface area contributed by atoms with E-state index in [1.165, 1.54) is 12.1 Å². The maximum Gasteiger partial charge on any atom is 0.269 e. The Labute approximate surface area is 175 Å². The quantitative estimate of drug-likeness (QED) is 0.323. The van der Waals surface area contributed by atoms with Crippen molar-refractivity contribution >= 4 is 51.6 Å². The van der Waals surface area contributed by atoms with Crippen LogP contribution in [0.2, 0.25) is 5.02 Å². The summed E-state index contributed by atoms with van der Waals surface area (Å²) in [6.07, 6.45) is 0.0300. The first kappa shape index (κ1) is 20.7. The first-order valence-electron chi connectivity index (χ1n) is 8.47. The fraction of sp³-hybridized carbons (Fsp3) is 0.158. The number of nitrogens with one attached hydrogen (secondary N) is 1. The van der Waals surface area contributed by atoms with Gasteiger partial charge in [0, 0.05) is 29.1 Å². The smallest absolute Gasteiger partial charge is 0.269 e. The van der Waals surface area contributed by atoms with Crippen molar-refractivity contribution in [3.8, 4) is 0 Å². The molecule has 0 radical (unpaired) electrons. The molecule has 3 rings (SSSR count). The number of amides is 1. The molecule has 1 aliphatic heterocycles. The Morgan fingerprint density at radius 1 is 1.17 bits per heavy atom. The van der Waals surface area contributed by atoms with Gasteiger partial charge in [0.25, 0.3) is 5.69 Å². The molecule has 1 atom stereocenters. The van der Waals surface area contributed by atoms with Crippen molar-refractivity contribution in [2.24, 2.45) is 10.2 Å². The molecule has 2 aromatic rings. The van der Waals surface area contributed by atoms with Crippen LogP contribution in [-0.2, 0) is 4.79 Å². The molecule has 0 aromatic heterocycles. The molecular weight excluding hydrogens is 416 g/mol. The van der Waals surface area contributed by atoms with Crippen LogP contribution in [0.1, 0.15) is 29.3 Å². The van der Waals surface area contributed by atoms with E-state index in [2.05, 4.69) is 15.5 Å². The number of carbonyl (C=O) groups is 2. The number of carbonyl (C=O) groups excluding carboxylic acids is 2. The van der Waals surface area contributed by atoms with Crippen LogP contribution in [0.25, 0.3) is 0 Å². The molecule has 0 saturated carbocycles. The average molecular weight is 431 g/mol. The standard InChI is InChI=1S/C19H15ClN4O4S/c1-11(12-4-8-15(9-5-12)24(27)28)22-23-19-21-18(26)17(29-19)10-16(25)13-2-6-14(20)7-3-13/h2-9,17H,10H2,1H3,(H,21,23,26)/b22-11+. The van der Waals surface area contributed by atoms with Gasteiger partial charge < -0.3 is 5.32 Å². The van der Waals surface area contributed by atoms with Gasteiger partial charge in [0.15, 0.2) is 11.0 Å². The van der Waals surface area contributed by atoms with Gasteiger partial charge in [-0.25, -0.2) is 0 Å². The van der Waals surface area contributed by atoms with Crippen LogP contribution in [0.5, 0.6) is 0 Å². The zero-order valence-corrected chi connectivity index (χ0v) is 16.7. The van der Waals surface area contributed by atoms with Crippen molar-refractivity contribution in [2.75, 3.05) is 0 Å². The van der Waals surface area contributed by atoms with E-state index in [0.717, 1.165) is 11.8 Å². The fourth-order valence-corrected chi connectivity index (χ4v) is 3.55. The predicted octanol–water partition coefficient (Wildman–Crippen LogP) is 3.83. The molecule has 1 unspecified atom stereocenters. The lowest BCUT2D eigenvalue weighted by Gasteiger charge is -2.04. The van der Waals surface area contributed by atoms with E-state index in [4.69, 9.17) is 11.6 Å². The molecule has 8 nitrogen and oxygen atoms in total. The Morgan fingerprint density at radius 3 is 2.41 bits per heavy atom. The molecule has 148 valence electrons. The summed E-state index contributed by atoms with van der Waals surface area (Å²) in [7, 11) is 0. The van der Waals surface area contributed by atoms with Crippen molar-refractivity contribution in [1.29, 1.82) is 0 Å². The molecule has 0 aliphatic carbocycles. The Bertz CT molecular complexity index is 1020. The lowest BCUT2D eigenvalue weighted by Crippen LogP contribution is -2.26. The highest BCUT2D eigenvalue weighted by molar-refractivity contribution is 8.15. The summed E-state index contributed by atoms with van der Waals surface area (Å²) < 4.78 is 0. The van der Waals surface area contributed by atoms with Crippen molar-refractivity contribution in [2.45, 2.75) is 18.6 Å². The molecule has 2 aromatic carbocycles. The molecule has 1 saturated heterocycles. The SMILES string of the molecule is C/C(=N\N=C1/NC(=O)C(CC(=O)c2ccc(Cl)cc2)S1)c1ccc([N+](=O)[O-])cc1. The number of nitro benzene ring substituents is 1. The number of nitro groups is 1. The Hall–Kier alpha value is -3.04. The number of hydrogen-bond donors (Lipinski definition) is 1. The summed E-state index contributed by atoms with van der Waals surface area (Å²) >= 11 is 6.95. The zero-order chi connectivity index (χ0) is 21.0. The number of benzene rings is 2. The maximum atomic E-state index is 12.3. The lowest BCUT2D eigenvalue weighted by atomic mass is 10.1. The number of Topliss-reactive ketones (excluding diaryl/α,β-unsaturated/α-hetero) is 1. The van der Waals surface area contributed by atoms with Crippen LogP contribution in [-0.4, -0.2) is 32.7 Å². The van der Waals surface area contributed by atoms with E-state index in [1.54, 1.807) is 43.3 Å². The topological polar surface area (TPSA) is 114 Å². The number of amidine groups is 1. The number of nitrogens with zero attached hydrogens (tertiary/aromatic N) is 3. The molecule has 1 amide bonds. The first-order chi connectivity index (χ1) is 13.8. The normalized spacial score (nSPS) is 18.0. The van der Waals surface area contributed by atoms with Crippen molar-refractivity contribution in [3.63, 3.8) is 0 Å². The summed E-state index contributed by atoms with van der Waals surface area (Å²) in [5.41, 5.74) is 1.67. The molecule has 1 N–H and O–H groups in total. The monoisotopic (exact) mass is 430 g/mol. The average Bonchev–Trinajstić information content (AvgIpc) is 3.06. The second kappa shape index (κ2) is 8.97. The van der Waals surface area contributed by atoms with Crippen molar-refractivity contribution in [3.05, 3.63) is 74.8 Å². The molecule has 1 heterocycles. The van der Waals surface area contributed by atoms with E-state index in [0.29, 0.717) is 27.0 Å². The summed E-state index contributed by atoms with van der Waals surface area (Å²) in [5.74, 6) is -0.472. The van der Waals surface area contributed by atoms with Gasteiger partial charge in [-0.2, -0.15) is 5.10 Å². The highest BCUT2D eigenvalue weighted by Gasteiger charge is 2.32. The summed E-state index contributed by atoms with van der Waals surface area (Å²) in [6, 6.07) is 12.4. The third-order valence-electron chi connectivity index (χ3n) is 4.10. The van der Waals surface area contributed by atoms with Gasteiger partial charge in [-0.3, -0.25) is 19.7 Å². The minimum atomic E-state index is -0.591. The highest BCUT2D eigenvalue weighted by Crippen LogP contribution is 2.24. The third-order valence-corrected chi connectivity index (χ3v) is 5.42. The second-order valence-corrected chi connectivity index (χ2v) is 7.75. The molecule has 1 aliphatic rings. The van der Waals surface area contributed by atoms with Crippen LogP contribution in [0.3, 0.4) is 0 Å². The van der Waals surface area contributed by atoms with Crippen molar-refractivity contribution in [1.82, 2.24) is 5.32 Å². The number of halogens is 1. The summed E-state index contributed by atoms with van der Waals surface area (Å²) in [5, 5.41) is 21.6. The number of hydrogen-bond acceptors (Lipinski definition) is 7. The number of thioether (sulfide) groups is 1. The molecule has 10 heteroatoms. The second-order valence-electron chi connectivity index (χ2n) is 6.12. The van der Waals surface area contributed by atoms with E-state index < -0.39 is 10.2 Å². The van der Waals surface area contributed by atoms with Crippen LogP contribution < -0.4 is 5.32 Å². The molecule has 0 bridgehead atoms. The molecule has 0 spiro atoms. The summed E-state index contributed by atoms with van der Waals surface area (Å²) in [4.78, 5) is 34.7. The fourth-order valence-electron chi connectivity index (χ4n) is 2.51. The van der Waals surface area contributed by atoms with Crippen molar-refractivity contribution < 1.29 is 14.5 Å². The Morgan fingerprint density at radius 2 is 1.79 bits per heavy atom. The minimum Gasteiger partial charge on any atom is -0.303 e. The third kappa shape index (κ3) is 5.27. The number of non-ortho nitro benzene ring substituents is 1. The van der Waals surface area contributed by atoms with Crippen LogP contribution in [0.4, 0.5) is 5.69 Å². The number of ketones is 1. The van der Waals surface area contributed by atoms with Crippen LogP contribution in [0, 0.1) is 10.1 Å². The maximum absolute atomic E-state index is 12.3. The van der Waals surface area contributed by atoms with Gasteiger partial charge in [0.05, 0.1) is 15.9 Å². The summed E-state index contributed by atoms with van der Waals surface area (Å²) in [6.45, 7) is 1.70. The van der Waals surface area contributed by atoms with Crippen LogP contribution >= 0.6 is 23.4 Å².